The Balaban J connectivity index is 0.000000407. The molecule has 29 heteroatoms. The second-order valence-electron chi connectivity index (χ2n) is 19.9. The molecule has 10 aromatic heterocycles. The van der Waals surface area contributed by atoms with E-state index in [9.17, 15) is 32.7 Å². The number of carbonyl (C=O) groups is 5. The van der Waals surface area contributed by atoms with Crippen LogP contribution in [0.25, 0.3) is 57.4 Å². The number of carboxylic acids is 1. The van der Waals surface area contributed by atoms with Gasteiger partial charge in [0.25, 0.3) is 0 Å². The minimum absolute atomic E-state index is 0. The first kappa shape index (κ1) is 85.8. The van der Waals surface area contributed by atoms with E-state index in [0.29, 0.717) is 59.9 Å². The SMILES string of the molecule is CCn1cc(/C=C/c2ccc3cccnc3n2)cc1C(=O)O.CCn1cc(/C=C/c2ccc3cccnc3n2)cc1C(=O)OC.CCn1cc(C=O)cc1C(=O)OC.CCn1cccc1C(=O)OC.COC(Cl)Cl.Cc1ccc(NS(=O)[O-])cc1.Cc1ccc2cccnc2n1.Cl.[Na+].[OH-]. The number of anilines is 1. The number of aromatic nitrogens is 10. The Labute approximate surface area is 614 Å². The average molecular weight is 1440 g/mol. The van der Waals surface area contributed by atoms with Gasteiger partial charge in [-0.1, -0.05) is 53.1 Å². The van der Waals surface area contributed by atoms with Crippen molar-refractivity contribution >= 4 is 140 Å². The van der Waals surface area contributed by atoms with Gasteiger partial charge in [0.1, 0.15) is 22.8 Å². The molecule has 0 bridgehead atoms. The van der Waals surface area contributed by atoms with Crippen LogP contribution in [0.15, 0.2) is 171 Å². The number of nitrogens with one attached hydrogen (secondary N) is 1. The zero-order valence-corrected chi connectivity index (χ0v) is 61.5. The summed E-state index contributed by atoms with van der Waals surface area (Å²) >= 11 is 7.79. The Morgan fingerprint density at radius 1 is 0.556 bits per heavy atom. The van der Waals surface area contributed by atoms with Crippen molar-refractivity contribution in [3.63, 3.8) is 0 Å². The molecular weight excluding hydrogens is 1360 g/mol. The largest absolute Gasteiger partial charge is 1.00 e. The van der Waals surface area contributed by atoms with Crippen molar-refractivity contribution in [1.82, 2.24) is 48.2 Å². The Bertz CT molecular complexity index is 4430. The Morgan fingerprint density at radius 2 is 0.949 bits per heavy atom. The van der Waals surface area contributed by atoms with Gasteiger partial charge in [0.05, 0.1) is 32.7 Å². The van der Waals surface area contributed by atoms with Crippen molar-refractivity contribution in [2.75, 3.05) is 33.2 Å². The van der Waals surface area contributed by atoms with E-state index in [-0.39, 0.29) is 65.1 Å². The van der Waals surface area contributed by atoms with Gasteiger partial charge in [-0.25, -0.2) is 49.1 Å². The Kier molecular flexibility index (Phi) is 39.3. The second-order valence-corrected chi connectivity index (χ2v) is 21.5. The third-order valence-electron chi connectivity index (χ3n) is 13.4. The molecule has 1 aromatic carbocycles. The van der Waals surface area contributed by atoms with Crippen LogP contribution in [-0.4, -0.2) is 131 Å². The maximum atomic E-state index is 11.7. The molecule has 518 valence electrons. The van der Waals surface area contributed by atoms with Gasteiger partial charge in [0.15, 0.2) is 23.2 Å². The predicted molar refractivity (Wildman–Crippen MR) is 383 cm³/mol. The third-order valence-corrected chi connectivity index (χ3v) is 14.1. The van der Waals surface area contributed by atoms with E-state index < -0.39 is 28.2 Å². The monoisotopic (exact) mass is 1440 g/mol. The van der Waals surface area contributed by atoms with E-state index >= 15 is 0 Å². The van der Waals surface area contributed by atoms with Gasteiger partial charge in [-0.05, 0) is 180 Å². The zero-order chi connectivity index (χ0) is 70.1. The molecule has 11 rings (SSSR count). The number of esters is 3. The zero-order valence-electron chi connectivity index (χ0n) is 56.4. The fourth-order valence-electron chi connectivity index (χ4n) is 8.59. The number of nitrogens with zero attached hydrogens (tertiary/aromatic N) is 10. The minimum atomic E-state index is -2.22. The number of aldehydes is 1. The van der Waals surface area contributed by atoms with Gasteiger partial charge in [-0.15, -0.1) is 12.4 Å². The fourth-order valence-corrected chi connectivity index (χ4v) is 8.92. The topological polar surface area (TPSA) is 322 Å². The number of hydrogen-bond acceptors (Lipinski definition) is 18. The first-order valence-electron chi connectivity index (χ1n) is 29.6. The molecule has 0 spiro atoms. The molecule has 3 N–H and O–H groups in total. The molecule has 0 aliphatic carbocycles. The van der Waals surface area contributed by atoms with E-state index in [1.807, 2.05) is 191 Å². The smallest absolute Gasteiger partial charge is 0.870 e. The van der Waals surface area contributed by atoms with Crippen LogP contribution in [0.2, 0.25) is 0 Å². The standard InChI is InChI=1S/C18H17N3O2.C17H15N3O2.C9H8N2.C9H11NO3.C8H11NO2.C7H9NO2S.C2H4Cl2O.ClH.Na.H2O/c1-3-21-12-13(11-16(21)18(22)23-2)6-8-15-9-7-14-5-4-10-19-17(14)20-15;1-2-20-11-12(10-15(20)17(21)22)5-7-14-8-6-13-4-3-9-18-16(13)19-14;1-7-4-5-8-3-2-6-10-9(8)11-7;1-3-10-5-7(6-11)4-8(10)9(12)13-2;1-3-9-6-4-5-7(9)8(10)11-2;1-6-2-4-7(5-3-6)8-11(9)10;1-5-2(3)4;;;/h4-12H,3H2,1-2H3;3-11H,2H2,1H3,(H,21,22);2-6H,1H3;4-6H,3H2,1-2H3;4-6H,3H2,1-2H3;2-5,8H,1H3,(H,9,10);2H,1H3;1H;;1H2/q;;;;;;;;+1;/p-2/b8-6+;7-5+;;;;;;;;. The summed E-state index contributed by atoms with van der Waals surface area (Å²) < 4.78 is 47.8. The predicted octanol–water partition coefficient (Wildman–Crippen LogP) is 10.9. The van der Waals surface area contributed by atoms with E-state index in [1.165, 1.54) is 34.5 Å². The summed E-state index contributed by atoms with van der Waals surface area (Å²) in [7, 11) is 5.52. The number of rotatable bonds is 16. The molecule has 0 radical (unpaired) electrons. The summed E-state index contributed by atoms with van der Waals surface area (Å²) in [5.41, 5.74) is 10.6. The van der Waals surface area contributed by atoms with Crippen molar-refractivity contribution in [2.24, 2.45) is 0 Å². The summed E-state index contributed by atoms with van der Waals surface area (Å²) in [5, 5.41) is 11.6. The second kappa shape index (κ2) is 45.4. The molecular formula is C70H76Cl3N11NaO13S-. The number of aryl methyl sites for hydroxylation is 6. The fraction of sp³-hybridized carbons (Fsp3) is 0.214. The molecule has 0 amide bonds. The van der Waals surface area contributed by atoms with Gasteiger partial charge < -0.3 is 57.1 Å². The molecule has 11 aromatic rings. The summed E-state index contributed by atoms with van der Waals surface area (Å²) in [6.45, 7) is 14.4. The van der Waals surface area contributed by atoms with Crippen molar-refractivity contribution in [1.29, 1.82) is 0 Å². The van der Waals surface area contributed by atoms with E-state index in [4.69, 9.17) is 33.0 Å². The van der Waals surface area contributed by atoms with E-state index in [1.54, 1.807) is 58.2 Å². The maximum Gasteiger partial charge on any atom is 1.00 e. The van der Waals surface area contributed by atoms with Gasteiger partial charge in [-0.3, -0.25) is 9.00 Å². The molecule has 0 saturated heterocycles. The minimum Gasteiger partial charge on any atom is -0.870 e. The van der Waals surface area contributed by atoms with Crippen molar-refractivity contribution in [3.8, 4) is 0 Å². The summed E-state index contributed by atoms with van der Waals surface area (Å²) in [4.78, 5) is 81.3. The molecule has 10 heterocycles. The Hall–Kier alpha value is -9.25. The van der Waals surface area contributed by atoms with Crippen LogP contribution in [0.3, 0.4) is 0 Å². The van der Waals surface area contributed by atoms with E-state index in [2.05, 4.69) is 48.8 Å². The molecule has 99 heavy (non-hydrogen) atoms. The third kappa shape index (κ3) is 27.9. The Morgan fingerprint density at radius 3 is 1.34 bits per heavy atom. The molecule has 1 unspecified atom stereocenters. The van der Waals surface area contributed by atoms with Gasteiger partial charge in [-0.2, -0.15) is 0 Å². The van der Waals surface area contributed by atoms with Gasteiger partial charge >= 0.3 is 53.4 Å². The summed E-state index contributed by atoms with van der Waals surface area (Å²) in [5.74, 6) is -1.96. The van der Waals surface area contributed by atoms with E-state index in [0.717, 1.165) is 67.8 Å². The van der Waals surface area contributed by atoms with Crippen LogP contribution in [-0.2, 0) is 56.4 Å². The number of hydrogen-bond donors (Lipinski definition) is 2. The van der Waals surface area contributed by atoms with Crippen molar-refractivity contribution < 1.29 is 91.8 Å². The van der Waals surface area contributed by atoms with Crippen molar-refractivity contribution in [3.05, 3.63) is 233 Å². The average Bonchev–Trinajstić information content (AvgIpc) is 1.84. The molecule has 0 fully saturated rings. The number of carboxylic acid groups (broad SMARTS) is 1. The van der Waals surface area contributed by atoms with Crippen LogP contribution < -0.4 is 34.3 Å². The number of pyridine rings is 6. The van der Waals surface area contributed by atoms with Crippen LogP contribution in [0.4, 0.5) is 5.69 Å². The molecule has 0 aliphatic rings. The van der Waals surface area contributed by atoms with Crippen LogP contribution in [0.1, 0.15) is 114 Å². The number of ether oxygens (including phenoxy) is 4. The number of halogens is 3. The number of benzene rings is 1. The first-order valence-corrected chi connectivity index (χ1v) is 31.6. The molecule has 24 nitrogen and oxygen atoms in total. The van der Waals surface area contributed by atoms with Crippen LogP contribution in [0, 0.1) is 13.8 Å². The van der Waals surface area contributed by atoms with Gasteiger partial charge in [0, 0.05) is 121 Å². The van der Waals surface area contributed by atoms with Crippen LogP contribution >= 0.6 is 35.6 Å². The maximum absolute atomic E-state index is 11.7. The first-order chi connectivity index (χ1) is 46.2. The number of methoxy groups -OCH3 is 4. The molecule has 0 saturated carbocycles. The van der Waals surface area contributed by atoms with Gasteiger partial charge in [0.2, 0.25) is 5.02 Å². The van der Waals surface area contributed by atoms with Crippen molar-refractivity contribution in [2.45, 2.75) is 72.7 Å². The number of carbonyl (C=O) groups excluding carboxylic acids is 4. The number of alkyl halides is 2. The number of fused-ring (bicyclic) bond motifs is 3. The number of aromatic carboxylic acids is 1. The normalized spacial score (nSPS) is 10.5. The quantitative estimate of drug-likeness (QED) is 0.0227. The molecule has 1 atom stereocenters. The molecule has 0 aliphatic heterocycles. The summed E-state index contributed by atoms with van der Waals surface area (Å²) in [6, 6.07) is 39.1. The van der Waals surface area contributed by atoms with Crippen LogP contribution in [0.5, 0.6) is 0 Å². The summed E-state index contributed by atoms with van der Waals surface area (Å²) in [6.07, 6.45) is 20.7.